The normalized spacial score (nSPS) is 10.1. The van der Waals surface area contributed by atoms with Gasteiger partial charge in [0.05, 0.1) is 5.52 Å². The Morgan fingerprint density at radius 3 is 3.00 bits per heavy atom. The fraction of sp³-hybridized carbons (Fsp3) is 0.0909. The van der Waals surface area contributed by atoms with Crippen LogP contribution in [0, 0.1) is 10.1 Å². The number of hydrogen-bond donors (Lipinski definition) is 0. The first-order valence-electron chi connectivity index (χ1n) is 4.82. The molecule has 0 aliphatic rings. The van der Waals surface area contributed by atoms with Gasteiger partial charge in [-0.25, -0.2) is 4.79 Å². The molecule has 0 spiro atoms. The van der Waals surface area contributed by atoms with Crippen LogP contribution in [-0.2, 0) is 4.79 Å². The summed E-state index contributed by atoms with van der Waals surface area (Å²) in [5.74, 6) is -0.615. The Hall–Kier alpha value is -2.50. The smallest absolute Gasteiger partial charge is 0.383 e. The zero-order valence-corrected chi connectivity index (χ0v) is 8.70. The van der Waals surface area contributed by atoms with Crippen LogP contribution >= 0.6 is 0 Å². The average molecular weight is 232 g/mol. The van der Waals surface area contributed by atoms with E-state index in [-0.39, 0.29) is 5.75 Å². The van der Waals surface area contributed by atoms with Crippen LogP contribution < -0.4 is 4.74 Å². The summed E-state index contributed by atoms with van der Waals surface area (Å²) >= 11 is 0. The van der Waals surface area contributed by atoms with E-state index in [1.54, 1.807) is 30.5 Å². The Morgan fingerprint density at radius 2 is 2.24 bits per heavy atom. The van der Waals surface area contributed by atoms with E-state index in [1.165, 1.54) is 0 Å². The molecule has 0 radical (unpaired) electrons. The molecule has 0 saturated carbocycles. The number of esters is 1. The molecule has 17 heavy (non-hydrogen) atoms. The predicted octanol–water partition coefficient (Wildman–Crippen LogP) is 1.42. The lowest BCUT2D eigenvalue weighted by Crippen LogP contribution is -2.19. The number of nitro groups is 1. The maximum atomic E-state index is 11.1. The fourth-order valence-corrected chi connectivity index (χ4v) is 1.39. The lowest BCUT2D eigenvalue weighted by atomic mass is 10.2. The Balaban J connectivity index is 2.19. The van der Waals surface area contributed by atoms with Crippen molar-refractivity contribution >= 4 is 16.9 Å². The number of aromatic nitrogens is 1. The van der Waals surface area contributed by atoms with Crippen LogP contribution in [0.4, 0.5) is 0 Å². The van der Waals surface area contributed by atoms with Crippen LogP contribution in [0.15, 0.2) is 36.5 Å². The highest BCUT2D eigenvalue weighted by Crippen LogP contribution is 2.18. The van der Waals surface area contributed by atoms with Crippen LogP contribution in [0.1, 0.15) is 0 Å². The molecule has 0 amide bonds. The van der Waals surface area contributed by atoms with Gasteiger partial charge in [0.15, 0.2) is 0 Å². The predicted molar refractivity (Wildman–Crippen MR) is 59.2 cm³/mol. The first-order chi connectivity index (χ1) is 8.15. The molecule has 1 heterocycles. The highest BCUT2D eigenvalue weighted by atomic mass is 16.6. The lowest BCUT2D eigenvalue weighted by molar-refractivity contribution is -0.469. The number of benzene rings is 1. The summed E-state index contributed by atoms with van der Waals surface area (Å²) in [5.41, 5.74) is 0.765. The molecule has 1 aromatic carbocycles. The van der Waals surface area contributed by atoms with Crippen molar-refractivity contribution in [1.82, 2.24) is 4.98 Å². The van der Waals surface area contributed by atoms with Crippen LogP contribution in [0.2, 0.25) is 0 Å². The quantitative estimate of drug-likeness (QED) is 0.346. The minimum Gasteiger partial charge on any atom is -0.422 e. The average Bonchev–Trinajstić information content (AvgIpc) is 2.27. The zero-order chi connectivity index (χ0) is 12.3. The third-order valence-electron chi connectivity index (χ3n) is 2.06. The minimum atomic E-state index is -0.891. The summed E-state index contributed by atoms with van der Waals surface area (Å²) in [6.07, 6.45) is 1.65. The van der Waals surface area contributed by atoms with E-state index in [0.29, 0.717) is 0 Å². The van der Waals surface area contributed by atoms with E-state index in [1.807, 2.05) is 6.07 Å². The first kappa shape index (κ1) is 11.0. The summed E-state index contributed by atoms with van der Waals surface area (Å²) in [6, 6.07) is 8.41. The van der Waals surface area contributed by atoms with Gasteiger partial charge in [0.25, 0.3) is 6.54 Å². The third-order valence-corrected chi connectivity index (χ3v) is 2.06. The van der Waals surface area contributed by atoms with Gasteiger partial charge in [0, 0.05) is 16.5 Å². The summed E-state index contributed by atoms with van der Waals surface area (Å²) in [4.78, 5) is 24.6. The lowest BCUT2D eigenvalue weighted by Gasteiger charge is -2.02. The fourth-order valence-electron chi connectivity index (χ4n) is 1.39. The van der Waals surface area contributed by atoms with E-state index in [0.717, 1.165) is 10.9 Å². The third kappa shape index (κ3) is 2.75. The zero-order valence-electron chi connectivity index (χ0n) is 8.70. The molecule has 0 aliphatic heterocycles. The highest BCUT2D eigenvalue weighted by molar-refractivity contribution is 5.81. The Morgan fingerprint density at radius 1 is 1.41 bits per heavy atom. The molecular formula is C11H8N2O4. The Kier molecular flexibility index (Phi) is 2.95. The van der Waals surface area contributed by atoms with E-state index in [4.69, 9.17) is 4.74 Å². The largest absolute Gasteiger partial charge is 0.422 e. The summed E-state index contributed by atoms with van der Waals surface area (Å²) in [7, 11) is 0. The molecule has 0 bridgehead atoms. The van der Waals surface area contributed by atoms with Crippen LogP contribution in [-0.4, -0.2) is 22.4 Å². The maximum absolute atomic E-state index is 11.1. The molecule has 6 heteroatoms. The van der Waals surface area contributed by atoms with Crippen molar-refractivity contribution in [2.24, 2.45) is 0 Å². The second-order valence-corrected chi connectivity index (χ2v) is 3.32. The van der Waals surface area contributed by atoms with Gasteiger partial charge < -0.3 is 4.74 Å². The molecule has 0 N–H and O–H groups in total. The molecule has 0 aliphatic carbocycles. The van der Waals surface area contributed by atoms with Crippen molar-refractivity contribution < 1.29 is 14.5 Å². The number of nitrogens with zero attached hydrogens (tertiary/aromatic N) is 2. The minimum absolute atomic E-state index is 0.275. The van der Waals surface area contributed by atoms with Gasteiger partial charge in [-0.15, -0.1) is 0 Å². The van der Waals surface area contributed by atoms with Gasteiger partial charge in [-0.2, -0.15) is 0 Å². The number of fused-ring (bicyclic) bond motifs is 1. The van der Waals surface area contributed by atoms with Crippen LogP contribution in [0.5, 0.6) is 5.75 Å². The molecule has 6 nitrogen and oxygen atoms in total. The van der Waals surface area contributed by atoms with Crippen molar-refractivity contribution in [3.05, 3.63) is 46.6 Å². The molecule has 2 rings (SSSR count). The van der Waals surface area contributed by atoms with Gasteiger partial charge >= 0.3 is 5.97 Å². The topological polar surface area (TPSA) is 82.3 Å². The SMILES string of the molecule is O=C(C[N+](=O)[O-])Oc1ccc2ncccc2c1. The molecule has 86 valence electrons. The van der Waals surface area contributed by atoms with Crippen molar-refractivity contribution in [2.45, 2.75) is 0 Å². The van der Waals surface area contributed by atoms with Crippen LogP contribution in [0.25, 0.3) is 10.9 Å². The van der Waals surface area contributed by atoms with E-state index < -0.39 is 17.4 Å². The summed E-state index contributed by atoms with van der Waals surface area (Å²) in [6.45, 7) is -0.842. The van der Waals surface area contributed by atoms with Crippen molar-refractivity contribution in [1.29, 1.82) is 0 Å². The second-order valence-electron chi connectivity index (χ2n) is 3.32. The molecule has 0 saturated heterocycles. The van der Waals surface area contributed by atoms with E-state index in [9.17, 15) is 14.9 Å². The first-order valence-corrected chi connectivity index (χ1v) is 4.82. The van der Waals surface area contributed by atoms with Crippen molar-refractivity contribution in [2.75, 3.05) is 6.54 Å². The number of rotatable bonds is 3. The number of ether oxygens (including phenoxy) is 1. The van der Waals surface area contributed by atoms with Gasteiger partial charge in [0.1, 0.15) is 5.75 Å². The highest BCUT2D eigenvalue weighted by Gasteiger charge is 2.12. The standard InChI is InChI=1S/C11H8N2O4/c14-11(7-13(15)16)17-9-3-4-10-8(6-9)2-1-5-12-10/h1-6H,7H2. The molecule has 0 fully saturated rings. The number of pyridine rings is 1. The second kappa shape index (κ2) is 4.56. The van der Waals surface area contributed by atoms with Gasteiger partial charge in [-0.05, 0) is 24.3 Å². The van der Waals surface area contributed by atoms with Gasteiger partial charge in [-0.1, -0.05) is 6.07 Å². The van der Waals surface area contributed by atoms with E-state index in [2.05, 4.69) is 4.98 Å². The number of hydrogen-bond acceptors (Lipinski definition) is 5. The molecule has 2 aromatic rings. The monoisotopic (exact) mass is 232 g/mol. The number of carbonyl (C=O) groups is 1. The molecular weight excluding hydrogens is 224 g/mol. The van der Waals surface area contributed by atoms with Gasteiger partial charge in [0.2, 0.25) is 0 Å². The van der Waals surface area contributed by atoms with Crippen molar-refractivity contribution in [3.63, 3.8) is 0 Å². The molecule has 0 atom stereocenters. The number of carbonyl (C=O) groups excluding carboxylic acids is 1. The molecule has 1 aromatic heterocycles. The molecule has 0 unspecified atom stereocenters. The Bertz CT molecular complexity index is 582. The van der Waals surface area contributed by atoms with Crippen molar-refractivity contribution in [3.8, 4) is 5.75 Å². The van der Waals surface area contributed by atoms with Gasteiger partial charge in [-0.3, -0.25) is 15.1 Å². The van der Waals surface area contributed by atoms with E-state index >= 15 is 0 Å². The summed E-state index contributed by atoms with van der Waals surface area (Å²) < 4.78 is 4.82. The summed E-state index contributed by atoms with van der Waals surface area (Å²) in [5, 5.41) is 10.9. The van der Waals surface area contributed by atoms with Crippen LogP contribution in [0.3, 0.4) is 0 Å². The Labute approximate surface area is 96.0 Å². The maximum Gasteiger partial charge on any atom is 0.383 e.